The maximum Gasteiger partial charge on any atom is 0.254 e. The molecule has 1 unspecified atom stereocenters. The largest absolute Gasteiger partial charge is 0.493 e. The van der Waals surface area contributed by atoms with Crippen LogP contribution >= 0.6 is 0 Å². The Morgan fingerprint density at radius 2 is 1.87 bits per heavy atom. The highest BCUT2D eigenvalue weighted by molar-refractivity contribution is 5.96. The van der Waals surface area contributed by atoms with Gasteiger partial charge in [0.05, 0.1) is 21.3 Å². The molecule has 128 valence electrons. The Balaban J connectivity index is 2.36. The van der Waals surface area contributed by atoms with Crippen LogP contribution in [0.1, 0.15) is 30.1 Å². The minimum atomic E-state index is -0.000182. The Hall–Kier alpha value is -1.95. The smallest absolute Gasteiger partial charge is 0.254 e. The Bertz CT molecular complexity index is 516. The van der Waals surface area contributed by atoms with E-state index >= 15 is 0 Å². The first-order valence-corrected chi connectivity index (χ1v) is 7.97. The van der Waals surface area contributed by atoms with Gasteiger partial charge in [0.15, 0.2) is 11.5 Å². The third-order valence-electron chi connectivity index (χ3n) is 4.11. The van der Waals surface area contributed by atoms with Gasteiger partial charge in [-0.15, -0.1) is 0 Å². The van der Waals surface area contributed by atoms with Crippen LogP contribution in [0.3, 0.4) is 0 Å². The zero-order valence-electron chi connectivity index (χ0n) is 14.3. The summed E-state index contributed by atoms with van der Waals surface area (Å²) in [6.45, 7) is 4.61. The van der Waals surface area contributed by atoms with E-state index in [-0.39, 0.29) is 11.9 Å². The summed E-state index contributed by atoms with van der Waals surface area (Å²) < 4.78 is 16.0. The van der Waals surface area contributed by atoms with E-state index in [1.165, 1.54) is 0 Å². The Morgan fingerprint density at radius 1 is 1.22 bits per heavy atom. The fourth-order valence-corrected chi connectivity index (χ4v) is 2.97. The number of nitrogens with zero attached hydrogens (tertiary/aromatic N) is 1. The molecule has 1 aliphatic rings. The number of carbonyl (C=O) groups is 1. The van der Waals surface area contributed by atoms with Crippen molar-refractivity contribution in [1.29, 1.82) is 0 Å². The van der Waals surface area contributed by atoms with Gasteiger partial charge in [0.2, 0.25) is 5.75 Å². The molecule has 2 rings (SSSR count). The average Bonchev–Trinajstić information content (AvgIpc) is 3.11. The van der Waals surface area contributed by atoms with Crippen LogP contribution in [0.25, 0.3) is 0 Å². The van der Waals surface area contributed by atoms with Crippen molar-refractivity contribution in [2.24, 2.45) is 0 Å². The van der Waals surface area contributed by atoms with Crippen LogP contribution in [0.15, 0.2) is 12.1 Å². The number of hydrogen-bond donors (Lipinski definition) is 1. The fraction of sp³-hybridized carbons (Fsp3) is 0.588. The third-order valence-corrected chi connectivity index (χ3v) is 4.11. The van der Waals surface area contributed by atoms with Crippen LogP contribution in [0, 0.1) is 0 Å². The number of methoxy groups -OCH3 is 3. The Labute approximate surface area is 137 Å². The minimum Gasteiger partial charge on any atom is -0.493 e. The van der Waals surface area contributed by atoms with Crippen molar-refractivity contribution < 1.29 is 19.0 Å². The van der Waals surface area contributed by atoms with Gasteiger partial charge in [-0.05, 0) is 31.5 Å². The van der Waals surface area contributed by atoms with E-state index in [2.05, 4.69) is 12.2 Å². The maximum absolute atomic E-state index is 13.0. The lowest BCUT2D eigenvalue weighted by Crippen LogP contribution is -2.42. The highest BCUT2D eigenvalue weighted by atomic mass is 16.5. The molecule has 1 aromatic carbocycles. The molecule has 0 aliphatic carbocycles. The van der Waals surface area contributed by atoms with Crippen molar-refractivity contribution in [2.45, 2.75) is 25.8 Å². The van der Waals surface area contributed by atoms with Crippen LogP contribution in [0.4, 0.5) is 0 Å². The van der Waals surface area contributed by atoms with E-state index < -0.39 is 0 Å². The summed E-state index contributed by atoms with van der Waals surface area (Å²) in [5.41, 5.74) is 0.555. The minimum absolute atomic E-state index is 0.000182. The molecule has 23 heavy (non-hydrogen) atoms. The van der Waals surface area contributed by atoms with Crippen LogP contribution in [0.2, 0.25) is 0 Å². The molecular formula is C17H26N2O4. The van der Waals surface area contributed by atoms with Gasteiger partial charge in [-0.1, -0.05) is 6.92 Å². The maximum atomic E-state index is 13.0. The van der Waals surface area contributed by atoms with Gasteiger partial charge in [0, 0.05) is 24.7 Å². The molecule has 0 radical (unpaired) electrons. The first-order valence-electron chi connectivity index (χ1n) is 7.97. The van der Waals surface area contributed by atoms with Gasteiger partial charge >= 0.3 is 0 Å². The second kappa shape index (κ2) is 8.06. The van der Waals surface area contributed by atoms with E-state index in [0.717, 1.165) is 32.5 Å². The molecule has 0 spiro atoms. The molecule has 1 heterocycles. The van der Waals surface area contributed by atoms with Crippen LogP contribution in [0.5, 0.6) is 17.2 Å². The zero-order chi connectivity index (χ0) is 16.8. The molecule has 6 nitrogen and oxygen atoms in total. The van der Waals surface area contributed by atoms with Gasteiger partial charge in [0.1, 0.15) is 0 Å². The standard InChI is InChI=1S/C17H26N2O4/c1-5-8-19(13-6-7-18-11-13)17(20)12-9-14(21-2)16(23-4)15(10-12)22-3/h9-10,13,18H,5-8,11H2,1-4H3. The van der Waals surface area contributed by atoms with Gasteiger partial charge in [-0.2, -0.15) is 0 Å². The van der Waals surface area contributed by atoms with Crippen molar-refractivity contribution in [1.82, 2.24) is 10.2 Å². The summed E-state index contributed by atoms with van der Waals surface area (Å²) >= 11 is 0. The van der Waals surface area contributed by atoms with Crippen molar-refractivity contribution in [3.05, 3.63) is 17.7 Å². The van der Waals surface area contributed by atoms with Crippen LogP contribution in [-0.2, 0) is 0 Å². The van der Waals surface area contributed by atoms with Gasteiger partial charge in [-0.3, -0.25) is 4.79 Å². The van der Waals surface area contributed by atoms with E-state index in [4.69, 9.17) is 14.2 Å². The number of ether oxygens (including phenoxy) is 3. The van der Waals surface area contributed by atoms with Crippen molar-refractivity contribution >= 4 is 5.91 Å². The molecule has 0 saturated carbocycles. The molecule has 1 atom stereocenters. The molecule has 0 bridgehead atoms. The first kappa shape index (κ1) is 17.4. The summed E-state index contributed by atoms with van der Waals surface area (Å²) in [5.74, 6) is 1.49. The van der Waals surface area contributed by atoms with Crippen LogP contribution < -0.4 is 19.5 Å². The fourth-order valence-electron chi connectivity index (χ4n) is 2.97. The lowest BCUT2D eigenvalue weighted by Gasteiger charge is -2.28. The van der Waals surface area contributed by atoms with E-state index in [0.29, 0.717) is 22.8 Å². The summed E-state index contributed by atoms with van der Waals surface area (Å²) in [4.78, 5) is 14.9. The van der Waals surface area contributed by atoms with Crippen molar-refractivity contribution in [3.8, 4) is 17.2 Å². The second-order valence-corrected chi connectivity index (χ2v) is 5.56. The van der Waals surface area contributed by atoms with Gasteiger partial charge in [0.25, 0.3) is 5.91 Å². The van der Waals surface area contributed by atoms with Gasteiger partial charge < -0.3 is 24.4 Å². The quantitative estimate of drug-likeness (QED) is 0.831. The molecule has 1 aliphatic heterocycles. The summed E-state index contributed by atoms with van der Waals surface area (Å²) in [7, 11) is 4.65. The normalized spacial score (nSPS) is 17.0. The first-order chi connectivity index (χ1) is 11.2. The average molecular weight is 322 g/mol. The summed E-state index contributed by atoms with van der Waals surface area (Å²) in [5, 5.41) is 3.32. The van der Waals surface area contributed by atoms with Crippen LogP contribution in [-0.4, -0.2) is 57.8 Å². The molecule has 0 aromatic heterocycles. The van der Waals surface area contributed by atoms with Crippen molar-refractivity contribution in [3.63, 3.8) is 0 Å². The molecule has 1 aromatic rings. The molecule has 1 saturated heterocycles. The zero-order valence-corrected chi connectivity index (χ0v) is 14.3. The summed E-state index contributed by atoms with van der Waals surface area (Å²) in [6, 6.07) is 3.67. The molecule has 1 fully saturated rings. The SMILES string of the molecule is CCCN(C(=O)c1cc(OC)c(OC)c(OC)c1)C1CCNC1. The van der Waals surface area contributed by atoms with E-state index in [1.54, 1.807) is 33.5 Å². The third kappa shape index (κ3) is 3.69. The number of carbonyl (C=O) groups excluding carboxylic acids is 1. The molecular weight excluding hydrogens is 296 g/mol. The Morgan fingerprint density at radius 3 is 2.30 bits per heavy atom. The molecule has 1 amide bonds. The van der Waals surface area contributed by atoms with Crippen molar-refractivity contribution in [2.75, 3.05) is 41.0 Å². The number of rotatable bonds is 7. The Kier molecular flexibility index (Phi) is 6.10. The molecule has 6 heteroatoms. The number of nitrogens with one attached hydrogen (secondary N) is 1. The number of hydrogen-bond acceptors (Lipinski definition) is 5. The summed E-state index contributed by atoms with van der Waals surface area (Å²) in [6.07, 6.45) is 1.91. The number of amides is 1. The highest BCUT2D eigenvalue weighted by Crippen LogP contribution is 2.38. The predicted molar refractivity (Wildman–Crippen MR) is 88.7 cm³/mol. The monoisotopic (exact) mass is 322 g/mol. The van der Waals surface area contributed by atoms with E-state index in [9.17, 15) is 4.79 Å². The van der Waals surface area contributed by atoms with E-state index in [1.807, 2.05) is 4.90 Å². The second-order valence-electron chi connectivity index (χ2n) is 5.56. The lowest BCUT2D eigenvalue weighted by molar-refractivity contribution is 0.0691. The van der Waals surface area contributed by atoms with Gasteiger partial charge in [-0.25, -0.2) is 0 Å². The predicted octanol–water partition coefficient (Wildman–Crippen LogP) is 1.93. The topological polar surface area (TPSA) is 60.0 Å². The molecule has 1 N–H and O–H groups in total. The number of benzene rings is 1. The highest BCUT2D eigenvalue weighted by Gasteiger charge is 2.28. The lowest BCUT2D eigenvalue weighted by atomic mass is 10.1.